The van der Waals surface area contributed by atoms with Gasteiger partial charge in [0.15, 0.2) is 0 Å². The van der Waals surface area contributed by atoms with Crippen LogP contribution in [-0.4, -0.2) is 33.7 Å². The molecule has 0 fully saturated rings. The predicted molar refractivity (Wildman–Crippen MR) is 90.4 cm³/mol. The van der Waals surface area contributed by atoms with Gasteiger partial charge in [-0.3, -0.25) is 14.3 Å². The molecule has 26 heavy (non-hydrogen) atoms. The lowest BCUT2D eigenvalue weighted by atomic mass is 10.2. The van der Waals surface area contributed by atoms with Crippen LogP contribution in [0.5, 0.6) is 0 Å². The van der Waals surface area contributed by atoms with Crippen LogP contribution in [-0.2, 0) is 16.1 Å². The molecule has 1 aromatic carbocycles. The van der Waals surface area contributed by atoms with Gasteiger partial charge in [0.25, 0.3) is 0 Å². The minimum atomic E-state index is -0.762. The fourth-order valence-corrected chi connectivity index (χ4v) is 2.24. The van der Waals surface area contributed by atoms with Crippen molar-refractivity contribution in [2.45, 2.75) is 6.54 Å². The smallest absolute Gasteiger partial charge is 0.442 e. The summed E-state index contributed by atoms with van der Waals surface area (Å²) in [6.45, 7) is -0.299. The van der Waals surface area contributed by atoms with Crippen molar-refractivity contribution < 1.29 is 18.8 Å². The number of aromatic nitrogens is 3. The van der Waals surface area contributed by atoms with E-state index >= 15 is 0 Å². The Hall–Kier alpha value is -3.75. The van der Waals surface area contributed by atoms with Crippen LogP contribution in [0.1, 0.15) is 10.4 Å². The first-order chi connectivity index (χ1) is 12.6. The second-order valence-corrected chi connectivity index (χ2v) is 5.19. The molecule has 9 heteroatoms. The van der Waals surface area contributed by atoms with E-state index < -0.39 is 17.6 Å². The van der Waals surface area contributed by atoms with E-state index in [1.165, 1.54) is 19.2 Å². The highest BCUT2D eigenvalue weighted by molar-refractivity contribution is 5.93. The van der Waals surface area contributed by atoms with Crippen LogP contribution in [0.25, 0.3) is 11.5 Å². The Morgan fingerprint density at radius 3 is 2.62 bits per heavy atom. The molecule has 0 aliphatic heterocycles. The first-order valence-corrected chi connectivity index (χ1v) is 7.54. The summed E-state index contributed by atoms with van der Waals surface area (Å²) in [5.41, 5.74) is 1.23. The summed E-state index contributed by atoms with van der Waals surface area (Å²) >= 11 is 0. The number of benzene rings is 1. The molecule has 0 radical (unpaired) electrons. The third-order valence-corrected chi connectivity index (χ3v) is 3.47. The maximum atomic E-state index is 12.2. The summed E-state index contributed by atoms with van der Waals surface area (Å²) in [6, 6.07) is 11.3. The van der Waals surface area contributed by atoms with Gasteiger partial charge in [-0.1, -0.05) is 11.2 Å². The largest absolute Gasteiger partial charge is 0.465 e. The summed E-state index contributed by atoms with van der Waals surface area (Å²) in [4.78, 5) is 39.6. The van der Waals surface area contributed by atoms with E-state index in [9.17, 15) is 14.4 Å². The topological polar surface area (TPSA) is 116 Å². The number of rotatable bonds is 5. The van der Waals surface area contributed by atoms with Gasteiger partial charge in [0.05, 0.1) is 12.7 Å². The summed E-state index contributed by atoms with van der Waals surface area (Å²) in [5, 5.41) is 6.30. The molecule has 0 saturated carbocycles. The number of pyridine rings is 1. The fourth-order valence-electron chi connectivity index (χ4n) is 2.24. The fraction of sp³-hybridized carbons (Fsp3) is 0.118. The number of esters is 1. The van der Waals surface area contributed by atoms with E-state index in [0.717, 1.165) is 4.57 Å². The molecule has 0 saturated heterocycles. The van der Waals surface area contributed by atoms with E-state index in [0.29, 0.717) is 16.9 Å². The first kappa shape index (κ1) is 17.1. The average molecular weight is 354 g/mol. The molecular weight excluding hydrogens is 340 g/mol. The number of nitrogens with one attached hydrogen (secondary N) is 1. The van der Waals surface area contributed by atoms with Crippen molar-refractivity contribution in [2.24, 2.45) is 0 Å². The van der Waals surface area contributed by atoms with Crippen molar-refractivity contribution in [3.05, 3.63) is 64.8 Å². The van der Waals surface area contributed by atoms with Crippen molar-refractivity contribution in [2.75, 3.05) is 12.4 Å². The third kappa shape index (κ3) is 3.66. The third-order valence-electron chi connectivity index (χ3n) is 3.47. The second-order valence-electron chi connectivity index (χ2n) is 5.19. The Balaban J connectivity index is 1.74. The molecule has 0 aliphatic carbocycles. The van der Waals surface area contributed by atoms with Gasteiger partial charge >= 0.3 is 11.7 Å². The van der Waals surface area contributed by atoms with E-state index in [-0.39, 0.29) is 12.4 Å². The highest BCUT2D eigenvalue weighted by atomic mass is 16.5. The Labute approximate surface area is 147 Å². The molecule has 2 heterocycles. The lowest BCUT2D eigenvalue weighted by Crippen LogP contribution is -2.25. The molecular formula is C17H14N4O5. The maximum Gasteiger partial charge on any atom is 0.442 e. The molecule has 0 aliphatic rings. The Kier molecular flexibility index (Phi) is 4.88. The lowest BCUT2D eigenvalue weighted by Gasteiger charge is -2.07. The normalized spacial score (nSPS) is 10.3. The number of amides is 1. The Bertz CT molecular complexity index is 976. The van der Waals surface area contributed by atoms with Gasteiger partial charge in [0, 0.05) is 11.9 Å². The standard InChI is InChI=1S/C17H14N4O5/c1-25-16(23)11-5-7-12(8-6-11)19-14(22)10-21-15(20-26-17(21)24)13-4-2-3-9-18-13/h2-9H,10H2,1H3,(H,19,22). The molecule has 2 aromatic heterocycles. The molecule has 3 aromatic rings. The first-order valence-electron chi connectivity index (χ1n) is 7.54. The summed E-state index contributed by atoms with van der Waals surface area (Å²) in [6.07, 6.45) is 1.54. The number of hydrogen-bond donors (Lipinski definition) is 1. The minimum absolute atomic E-state index is 0.159. The molecule has 0 bridgehead atoms. The van der Waals surface area contributed by atoms with E-state index in [2.05, 4.69) is 24.7 Å². The van der Waals surface area contributed by atoms with Crippen LogP contribution in [0.3, 0.4) is 0 Å². The molecule has 9 nitrogen and oxygen atoms in total. The van der Waals surface area contributed by atoms with Crippen LogP contribution in [0, 0.1) is 0 Å². The molecule has 1 amide bonds. The SMILES string of the molecule is COC(=O)c1ccc(NC(=O)Cn2c(-c3ccccn3)noc2=O)cc1. The quantitative estimate of drug-likeness (QED) is 0.687. The number of carbonyl (C=O) groups is 2. The summed E-state index contributed by atoms with van der Waals surface area (Å²) < 4.78 is 10.3. The van der Waals surface area contributed by atoms with Crippen LogP contribution in [0.4, 0.5) is 5.69 Å². The molecule has 132 valence electrons. The zero-order valence-electron chi connectivity index (χ0n) is 13.7. The number of ether oxygens (including phenoxy) is 1. The lowest BCUT2D eigenvalue weighted by molar-refractivity contribution is -0.116. The number of hydrogen-bond acceptors (Lipinski definition) is 7. The molecule has 0 atom stereocenters. The van der Waals surface area contributed by atoms with E-state index in [4.69, 9.17) is 0 Å². The van der Waals surface area contributed by atoms with E-state index in [1.807, 2.05) is 0 Å². The van der Waals surface area contributed by atoms with Crippen LogP contribution in [0.15, 0.2) is 58.0 Å². The molecule has 0 spiro atoms. The predicted octanol–water partition coefficient (Wildman–Crippen LogP) is 1.32. The monoisotopic (exact) mass is 354 g/mol. The van der Waals surface area contributed by atoms with Gasteiger partial charge in [0.2, 0.25) is 11.7 Å². The number of methoxy groups -OCH3 is 1. The number of carbonyl (C=O) groups excluding carboxylic acids is 2. The van der Waals surface area contributed by atoms with Gasteiger partial charge in [-0.05, 0) is 36.4 Å². The number of anilines is 1. The van der Waals surface area contributed by atoms with Crippen LogP contribution < -0.4 is 11.1 Å². The molecule has 3 rings (SSSR count). The Morgan fingerprint density at radius 2 is 1.96 bits per heavy atom. The molecule has 1 N–H and O–H groups in total. The van der Waals surface area contributed by atoms with Crippen molar-refractivity contribution in [1.29, 1.82) is 0 Å². The minimum Gasteiger partial charge on any atom is -0.465 e. The number of nitrogens with zero attached hydrogens (tertiary/aromatic N) is 3. The van der Waals surface area contributed by atoms with Crippen LogP contribution >= 0.6 is 0 Å². The van der Waals surface area contributed by atoms with Crippen molar-refractivity contribution >= 4 is 17.6 Å². The maximum absolute atomic E-state index is 12.2. The van der Waals surface area contributed by atoms with Gasteiger partial charge in [-0.2, -0.15) is 0 Å². The van der Waals surface area contributed by atoms with Gasteiger partial charge in [-0.15, -0.1) is 0 Å². The molecule has 0 unspecified atom stereocenters. The second kappa shape index (κ2) is 7.43. The van der Waals surface area contributed by atoms with Crippen molar-refractivity contribution in [3.63, 3.8) is 0 Å². The summed E-state index contributed by atoms with van der Waals surface area (Å²) in [7, 11) is 1.29. The zero-order valence-corrected chi connectivity index (χ0v) is 13.7. The van der Waals surface area contributed by atoms with Gasteiger partial charge in [-0.25, -0.2) is 14.2 Å². The van der Waals surface area contributed by atoms with Crippen LogP contribution in [0.2, 0.25) is 0 Å². The average Bonchev–Trinajstić information content (AvgIpc) is 3.03. The Morgan fingerprint density at radius 1 is 1.19 bits per heavy atom. The van der Waals surface area contributed by atoms with Crippen molar-refractivity contribution in [3.8, 4) is 11.5 Å². The van der Waals surface area contributed by atoms with Crippen molar-refractivity contribution in [1.82, 2.24) is 14.7 Å². The van der Waals surface area contributed by atoms with Gasteiger partial charge < -0.3 is 10.1 Å². The van der Waals surface area contributed by atoms with Gasteiger partial charge in [0.1, 0.15) is 12.2 Å². The highest BCUT2D eigenvalue weighted by Gasteiger charge is 2.16. The highest BCUT2D eigenvalue weighted by Crippen LogP contribution is 2.13. The zero-order chi connectivity index (χ0) is 18.5. The summed E-state index contributed by atoms with van der Waals surface area (Å²) in [5.74, 6) is -1.54. The van der Waals surface area contributed by atoms with E-state index in [1.54, 1.807) is 36.5 Å².